The largest absolute Gasteiger partial charge is 0.367 e. The van der Waals surface area contributed by atoms with E-state index in [1.165, 1.54) is 11.1 Å². The van der Waals surface area contributed by atoms with Gasteiger partial charge in [-0.3, -0.25) is 9.78 Å². The monoisotopic (exact) mass is 338 g/mol. The SMILES string of the molecule is Cc1cc(N2CCN(C(=O)C3CCCNC3)CC2)c2ccccc2n1. The summed E-state index contributed by atoms with van der Waals surface area (Å²) in [5, 5.41) is 4.55. The minimum absolute atomic E-state index is 0.171. The number of piperidine rings is 1. The van der Waals surface area contributed by atoms with Gasteiger partial charge in [0.05, 0.1) is 11.4 Å². The van der Waals surface area contributed by atoms with Crippen LogP contribution in [0, 0.1) is 12.8 Å². The molecule has 0 bridgehead atoms. The summed E-state index contributed by atoms with van der Waals surface area (Å²) in [4.78, 5) is 21.8. The van der Waals surface area contributed by atoms with E-state index in [4.69, 9.17) is 0 Å². The number of nitrogens with one attached hydrogen (secondary N) is 1. The van der Waals surface area contributed by atoms with Crippen LogP contribution in [0.5, 0.6) is 0 Å². The van der Waals surface area contributed by atoms with Crippen molar-refractivity contribution in [2.24, 2.45) is 5.92 Å². The van der Waals surface area contributed by atoms with Crippen LogP contribution in [-0.4, -0.2) is 55.1 Å². The van der Waals surface area contributed by atoms with Crippen LogP contribution in [0.15, 0.2) is 30.3 Å². The number of para-hydroxylation sites is 1. The van der Waals surface area contributed by atoms with Crippen LogP contribution in [0.25, 0.3) is 10.9 Å². The number of amides is 1. The molecule has 1 atom stereocenters. The summed E-state index contributed by atoms with van der Waals surface area (Å²) < 4.78 is 0. The van der Waals surface area contributed by atoms with E-state index in [9.17, 15) is 4.79 Å². The maximum Gasteiger partial charge on any atom is 0.227 e. The molecule has 25 heavy (non-hydrogen) atoms. The normalized spacial score (nSPS) is 21.6. The fourth-order valence-corrected chi connectivity index (χ4v) is 4.04. The Morgan fingerprint density at radius 3 is 2.76 bits per heavy atom. The lowest BCUT2D eigenvalue weighted by Crippen LogP contribution is -2.52. The third-order valence-electron chi connectivity index (χ3n) is 5.40. The summed E-state index contributed by atoms with van der Waals surface area (Å²) in [6.45, 7) is 7.33. The number of fused-ring (bicyclic) bond motifs is 1. The highest BCUT2D eigenvalue weighted by Gasteiger charge is 2.28. The number of aromatic nitrogens is 1. The van der Waals surface area contributed by atoms with Crippen LogP contribution in [0.3, 0.4) is 0 Å². The van der Waals surface area contributed by atoms with E-state index in [2.05, 4.69) is 44.4 Å². The Morgan fingerprint density at radius 1 is 1.20 bits per heavy atom. The molecule has 1 aromatic carbocycles. The van der Waals surface area contributed by atoms with E-state index in [0.29, 0.717) is 5.91 Å². The van der Waals surface area contributed by atoms with E-state index in [0.717, 1.165) is 63.3 Å². The molecular formula is C20H26N4O. The van der Waals surface area contributed by atoms with Crippen LogP contribution in [0.4, 0.5) is 5.69 Å². The zero-order valence-corrected chi connectivity index (χ0v) is 14.9. The zero-order valence-electron chi connectivity index (χ0n) is 14.9. The third-order valence-corrected chi connectivity index (χ3v) is 5.40. The number of piperazine rings is 1. The number of anilines is 1. The van der Waals surface area contributed by atoms with E-state index < -0.39 is 0 Å². The summed E-state index contributed by atoms with van der Waals surface area (Å²) in [5.74, 6) is 0.506. The van der Waals surface area contributed by atoms with E-state index in [1.54, 1.807) is 0 Å². The van der Waals surface area contributed by atoms with Gasteiger partial charge in [0.2, 0.25) is 5.91 Å². The molecule has 1 amide bonds. The van der Waals surface area contributed by atoms with E-state index in [-0.39, 0.29) is 5.92 Å². The van der Waals surface area contributed by atoms with Crippen molar-refractivity contribution in [3.63, 3.8) is 0 Å². The topological polar surface area (TPSA) is 48.5 Å². The van der Waals surface area contributed by atoms with Crippen molar-refractivity contribution in [1.82, 2.24) is 15.2 Å². The Bertz CT molecular complexity index is 761. The number of nitrogens with zero attached hydrogens (tertiary/aromatic N) is 3. The highest BCUT2D eigenvalue weighted by molar-refractivity contribution is 5.92. The molecule has 2 aliphatic heterocycles. The molecule has 132 valence electrons. The molecule has 5 nitrogen and oxygen atoms in total. The average Bonchev–Trinajstić information content (AvgIpc) is 2.67. The van der Waals surface area contributed by atoms with Crippen LogP contribution in [0.1, 0.15) is 18.5 Å². The lowest BCUT2D eigenvalue weighted by molar-refractivity contribution is -0.136. The van der Waals surface area contributed by atoms with Crippen molar-refractivity contribution >= 4 is 22.5 Å². The minimum atomic E-state index is 0.171. The fraction of sp³-hybridized carbons (Fsp3) is 0.500. The van der Waals surface area contributed by atoms with Crippen LogP contribution < -0.4 is 10.2 Å². The molecule has 0 radical (unpaired) electrons. The molecule has 0 aliphatic carbocycles. The Hall–Kier alpha value is -2.14. The lowest BCUT2D eigenvalue weighted by Gasteiger charge is -2.38. The number of pyridine rings is 1. The van der Waals surface area contributed by atoms with Crippen molar-refractivity contribution in [1.29, 1.82) is 0 Å². The molecule has 5 heteroatoms. The van der Waals surface area contributed by atoms with Crippen LogP contribution in [-0.2, 0) is 4.79 Å². The Morgan fingerprint density at radius 2 is 2.00 bits per heavy atom. The van der Waals surface area contributed by atoms with Gasteiger partial charge in [-0.2, -0.15) is 0 Å². The molecule has 1 unspecified atom stereocenters. The van der Waals surface area contributed by atoms with Crippen molar-refractivity contribution in [3.8, 4) is 0 Å². The fourth-order valence-electron chi connectivity index (χ4n) is 4.04. The van der Waals surface area contributed by atoms with Gasteiger partial charge in [0.1, 0.15) is 0 Å². The standard InChI is InChI=1S/C20H26N4O/c1-15-13-19(17-6-2-3-7-18(17)22-15)23-9-11-24(12-10-23)20(25)16-5-4-8-21-14-16/h2-3,6-7,13,16,21H,4-5,8-12,14H2,1H3. The van der Waals surface area contributed by atoms with Gasteiger partial charge >= 0.3 is 0 Å². The molecule has 0 saturated carbocycles. The molecule has 1 N–H and O–H groups in total. The second-order valence-electron chi connectivity index (χ2n) is 7.16. The molecule has 0 spiro atoms. The Balaban J connectivity index is 1.48. The molecule has 1 aromatic heterocycles. The Labute approximate surface area is 149 Å². The first-order chi connectivity index (χ1) is 12.2. The van der Waals surface area contributed by atoms with Crippen molar-refractivity contribution in [2.45, 2.75) is 19.8 Å². The molecule has 3 heterocycles. The summed E-state index contributed by atoms with van der Waals surface area (Å²) >= 11 is 0. The maximum absolute atomic E-state index is 12.7. The summed E-state index contributed by atoms with van der Waals surface area (Å²) in [5.41, 5.74) is 3.33. The number of carbonyl (C=O) groups excluding carboxylic acids is 1. The molecule has 2 saturated heterocycles. The van der Waals surface area contributed by atoms with Gasteiger partial charge in [-0.25, -0.2) is 0 Å². The molecular weight excluding hydrogens is 312 g/mol. The second-order valence-corrected chi connectivity index (χ2v) is 7.16. The number of hydrogen-bond acceptors (Lipinski definition) is 4. The first-order valence-electron chi connectivity index (χ1n) is 9.33. The highest BCUT2D eigenvalue weighted by atomic mass is 16.2. The summed E-state index contributed by atoms with van der Waals surface area (Å²) in [6, 6.07) is 10.5. The lowest BCUT2D eigenvalue weighted by atomic mass is 9.98. The minimum Gasteiger partial charge on any atom is -0.367 e. The van der Waals surface area contributed by atoms with Crippen molar-refractivity contribution in [3.05, 3.63) is 36.0 Å². The molecule has 4 rings (SSSR count). The first-order valence-corrected chi connectivity index (χ1v) is 9.33. The maximum atomic E-state index is 12.7. The third kappa shape index (κ3) is 3.33. The summed E-state index contributed by atoms with van der Waals surface area (Å²) in [7, 11) is 0. The van der Waals surface area contributed by atoms with Gasteiger partial charge in [0.15, 0.2) is 0 Å². The quantitative estimate of drug-likeness (QED) is 0.912. The number of hydrogen-bond donors (Lipinski definition) is 1. The van der Waals surface area contributed by atoms with Gasteiger partial charge in [0.25, 0.3) is 0 Å². The van der Waals surface area contributed by atoms with Gasteiger partial charge in [-0.1, -0.05) is 18.2 Å². The van der Waals surface area contributed by atoms with E-state index in [1.807, 2.05) is 13.0 Å². The van der Waals surface area contributed by atoms with E-state index >= 15 is 0 Å². The molecule has 2 aliphatic rings. The Kier molecular flexibility index (Phi) is 4.57. The zero-order chi connectivity index (χ0) is 17.2. The second kappa shape index (κ2) is 7.00. The number of rotatable bonds is 2. The average molecular weight is 338 g/mol. The van der Waals surface area contributed by atoms with Gasteiger partial charge < -0.3 is 15.1 Å². The predicted octanol–water partition coefficient (Wildman–Crippen LogP) is 2.19. The van der Waals surface area contributed by atoms with Crippen LogP contribution in [0.2, 0.25) is 0 Å². The van der Waals surface area contributed by atoms with Crippen LogP contribution >= 0.6 is 0 Å². The van der Waals surface area contributed by atoms with Gasteiger partial charge in [0, 0.05) is 49.5 Å². The smallest absolute Gasteiger partial charge is 0.227 e. The number of benzene rings is 1. The first kappa shape index (κ1) is 16.3. The number of aryl methyl sites for hydroxylation is 1. The molecule has 2 aromatic rings. The molecule has 2 fully saturated rings. The summed E-state index contributed by atoms with van der Waals surface area (Å²) in [6.07, 6.45) is 2.14. The van der Waals surface area contributed by atoms with Crippen molar-refractivity contribution < 1.29 is 4.79 Å². The predicted molar refractivity (Wildman–Crippen MR) is 101 cm³/mol. The highest BCUT2D eigenvalue weighted by Crippen LogP contribution is 2.28. The van der Waals surface area contributed by atoms with Gasteiger partial charge in [-0.05, 0) is 38.4 Å². The van der Waals surface area contributed by atoms with Gasteiger partial charge in [-0.15, -0.1) is 0 Å². The number of carbonyl (C=O) groups is 1. The van der Waals surface area contributed by atoms with Crippen molar-refractivity contribution in [2.75, 3.05) is 44.2 Å².